The number of ether oxygens (including phenoxy) is 1. The van der Waals surface area contributed by atoms with Gasteiger partial charge in [-0.3, -0.25) is 0 Å². The Hall–Kier alpha value is -0.120. The van der Waals surface area contributed by atoms with Crippen molar-refractivity contribution in [2.75, 3.05) is 26.3 Å². The smallest absolute Gasteiger partial charge is 0.0692 e. The van der Waals surface area contributed by atoms with Gasteiger partial charge in [-0.25, -0.2) is 0 Å². The van der Waals surface area contributed by atoms with Crippen molar-refractivity contribution in [3.05, 3.63) is 0 Å². The van der Waals surface area contributed by atoms with E-state index in [1.54, 1.807) is 0 Å². The molecule has 0 radical (unpaired) electrons. The summed E-state index contributed by atoms with van der Waals surface area (Å²) in [6.07, 6.45) is 4.69. The Labute approximate surface area is 85.8 Å². The normalized spacial score (nSPS) is 26.4. The van der Waals surface area contributed by atoms with Crippen LogP contribution in [-0.2, 0) is 4.74 Å². The highest BCUT2D eigenvalue weighted by Gasteiger charge is 2.29. The monoisotopic (exact) mass is 199 g/mol. The maximum atomic E-state index is 9.63. The fraction of sp³-hybridized carbons (Fsp3) is 1.00. The van der Waals surface area contributed by atoms with Gasteiger partial charge in [0.05, 0.1) is 6.10 Å². The van der Waals surface area contributed by atoms with Gasteiger partial charge in [-0.1, -0.05) is 0 Å². The zero-order valence-electron chi connectivity index (χ0n) is 8.74. The lowest BCUT2D eigenvalue weighted by Gasteiger charge is -2.22. The van der Waals surface area contributed by atoms with Crippen LogP contribution in [0.4, 0.5) is 0 Å². The third-order valence-corrected chi connectivity index (χ3v) is 3.29. The van der Waals surface area contributed by atoms with Crippen molar-refractivity contribution in [2.24, 2.45) is 11.8 Å². The minimum Gasteiger partial charge on any atom is -0.392 e. The highest BCUT2D eigenvalue weighted by atomic mass is 16.5. The highest BCUT2D eigenvalue weighted by Crippen LogP contribution is 2.32. The van der Waals surface area contributed by atoms with Crippen LogP contribution in [0.25, 0.3) is 0 Å². The van der Waals surface area contributed by atoms with Gasteiger partial charge in [0, 0.05) is 19.8 Å². The molecule has 0 aromatic rings. The number of hydrogen-bond donors (Lipinski definition) is 2. The van der Waals surface area contributed by atoms with Crippen LogP contribution in [-0.4, -0.2) is 37.5 Å². The molecule has 2 N–H and O–H groups in total. The maximum absolute atomic E-state index is 9.63. The predicted molar refractivity (Wildman–Crippen MR) is 55.1 cm³/mol. The minimum atomic E-state index is -0.102. The summed E-state index contributed by atoms with van der Waals surface area (Å²) in [7, 11) is 0. The summed E-state index contributed by atoms with van der Waals surface area (Å²) in [5, 5.41) is 13.0. The summed E-state index contributed by atoms with van der Waals surface area (Å²) in [6, 6.07) is 0. The highest BCUT2D eigenvalue weighted by molar-refractivity contribution is 4.82. The summed E-state index contributed by atoms with van der Waals surface area (Å²) >= 11 is 0. The Morgan fingerprint density at radius 1 is 1.21 bits per heavy atom. The van der Waals surface area contributed by atoms with Crippen molar-refractivity contribution in [1.82, 2.24) is 5.32 Å². The van der Waals surface area contributed by atoms with Gasteiger partial charge in [-0.05, 0) is 44.1 Å². The molecule has 1 unspecified atom stereocenters. The van der Waals surface area contributed by atoms with Crippen LogP contribution < -0.4 is 5.32 Å². The SMILES string of the molecule is OC(CNCC1CCOCC1)C1CC1. The molecule has 0 aromatic carbocycles. The Balaban J connectivity index is 1.52. The number of aliphatic hydroxyl groups is 1. The van der Waals surface area contributed by atoms with Crippen molar-refractivity contribution < 1.29 is 9.84 Å². The molecule has 2 rings (SSSR count). The average Bonchev–Trinajstić information content (AvgIpc) is 3.02. The number of nitrogens with one attached hydrogen (secondary N) is 1. The average molecular weight is 199 g/mol. The van der Waals surface area contributed by atoms with Crippen molar-refractivity contribution in [3.63, 3.8) is 0 Å². The number of hydrogen-bond acceptors (Lipinski definition) is 3. The molecular formula is C11H21NO2. The van der Waals surface area contributed by atoms with Gasteiger partial charge in [0.1, 0.15) is 0 Å². The molecule has 0 aromatic heterocycles. The van der Waals surface area contributed by atoms with Crippen LogP contribution in [0, 0.1) is 11.8 Å². The largest absolute Gasteiger partial charge is 0.392 e. The fourth-order valence-corrected chi connectivity index (χ4v) is 2.03. The quantitative estimate of drug-likeness (QED) is 0.687. The van der Waals surface area contributed by atoms with Crippen LogP contribution in [0.5, 0.6) is 0 Å². The lowest BCUT2D eigenvalue weighted by molar-refractivity contribution is 0.0644. The first kappa shape index (κ1) is 10.4. The third-order valence-electron chi connectivity index (χ3n) is 3.29. The third kappa shape index (κ3) is 3.23. The van der Waals surface area contributed by atoms with E-state index < -0.39 is 0 Å². The van der Waals surface area contributed by atoms with Crippen molar-refractivity contribution >= 4 is 0 Å². The molecule has 1 aliphatic heterocycles. The van der Waals surface area contributed by atoms with Crippen molar-refractivity contribution in [2.45, 2.75) is 31.8 Å². The molecule has 2 aliphatic rings. The second-order valence-corrected chi connectivity index (χ2v) is 4.62. The molecule has 0 bridgehead atoms. The summed E-state index contributed by atoms with van der Waals surface area (Å²) in [6.45, 7) is 3.66. The maximum Gasteiger partial charge on any atom is 0.0692 e. The minimum absolute atomic E-state index is 0.102. The first-order chi connectivity index (χ1) is 6.86. The van der Waals surface area contributed by atoms with Crippen LogP contribution in [0.15, 0.2) is 0 Å². The van der Waals surface area contributed by atoms with Gasteiger partial charge in [0.25, 0.3) is 0 Å². The fourth-order valence-electron chi connectivity index (χ4n) is 2.03. The van der Waals surface area contributed by atoms with Gasteiger partial charge >= 0.3 is 0 Å². The van der Waals surface area contributed by atoms with E-state index in [9.17, 15) is 5.11 Å². The van der Waals surface area contributed by atoms with E-state index in [1.807, 2.05) is 0 Å². The molecule has 2 fully saturated rings. The Morgan fingerprint density at radius 2 is 1.93 bits per heavy atom. The van der Waals surface area contributed by atoms with E-state index in [-0.39, 0.29) is 6.10 Å². The zero-order valence-corrected chi connectivity index (χ0v) is 8.74. The van der Waals surface area contributed by atoms with Crippen molar-refractivity contribution in [3.8, 4) is 0 Å². The molecule has 0 spiro atoms. The predicted octanol–water partition coefficient (Wildman–Crippen LogP) is 0.773. The van der Waals surface area contributed by atoms with Crippen LogP contribution in [0.1, 0.15) is 25.7 Å². The summed E-state index contributed by atoms with van der Waals surface area (Å²) in [5.74, 6) is 1.35. The Kier molecular flexibility index (Phi) is 3.79. The zero-order chi connectivity index (χ0) is 9.80. The van der Waals surface area contributed by atoms with Gasteiger partial charge < -0.3 is 15.2 Å². The number of rotatable bonds is 5. The molecule has 1 saturated carbocycles. The molecule has 1 atom stereocenters. The second kappa shape index (κ2) is 5.10. The molecule has 82 valence electrons. The van der Waals surface area contributed by atoms with E-state index in [4.69, 9.17) is 4.74 Å². The van der Waals surface area contributed by atoms with Crippen LogP contribution in [0.3, 0.4) is 0 Å². The lowest BCUT2D eigenvalue weighted by Crippen LogP contribution is -2.33. The molecule has 0 amide bonds. The van der Waals surface area contributed by atoms with E-state index in [1.165, 1.54) is 25.7 Å². The van der Waals surface area contributed by atoms with Gasteiger partial charge in [0.2, 0.25) is 0 Å². The topological polar surface area (TPSA) is 41.5 Å². The van der Waals surface area contributed by atoms with Crippen molar-refractivity contribution in [1.29, 1.82) is 0 Å². The molecule has 14 heavy (non-hydrogen) atoms. The Bertz CT molecular complexity index is 165. The summed E-state index contributed by atoms with van der Waals surface area (Å²) < 4.78 is 5.30. The molecule has 3 nitrogen and oxygen atoms in total. The summed E-state index contributed by atoms with van der Waals surface area (Å²) in [5.41, 5.74) is 0. The molecule has 1 heterocycles. The van der Waals surface area contributed by atoms with E-state index >= 15 is 0 Å². The van der Waals surface area contributed by atoms with Gasteiger partial charge in [-0.2, -0.15) is 0 Å². The Morgan fingerprint density at radius 3 is 2.57 bits per heavy atom. The van der Waals surface area contributed by atoms with Gasteiger partial charge in [0.15, 0.2) is 0 Å². The first-order valence-electron chi connectivity index (χ1n) is 5.83. The van der Waals surface area contributed by atoms with E-state index in [0.717, 1.165) is 32.2 Å². The van der Waals surface area contributed by atoms with E-state index in [0.29, 0.717) is 5.92 Å². The molecule has 1 aliphatic carbocycles. The molecule has 1 saturated heterocycles. The van der Waals surface area contributed by atoms with E-state index in [2.05, 4.69) is 5.32 Å². The van der Waals surface area contributed by atoms with Crippen LogP contribution >= 0.6 is 0 Å². The summed E-state index contributed by atoms with van der Waals surface area (Å²) in [4.78, 5) is 0. The molecular weight excluding hydrogens is 178 g/mol. The lowest BCUT2D eigenvalue weighted by atomic mass is 10.0. The van der Waals surface area contributed by atoms with Gasteiger partial charge in [-0.15, -0.1) is 0 Å². The van der Waals surface area contributed by atoms with Crippen LogP contribution in [0.2, 0.25) is 0 Å². The first-order valence-corrected chi connectivity index (χ1v) is 5.83. The molecule has 3 heteroatoms. The standard InChI is InChI=1S/C11H21NO2/c13-11(10-1-2-10)8-12-7-9-3-5-14-6-4-9/h9-13H,1-8H2. The second-order valence-electron chi connectivity index (χ2n) is 4.62. The number of aliphatic hydroxyl groups excluding tert-OH is 1.